The molecule has 0 amide bonds. The Kier molecular flexibility index (Phi) is 3.57. The maximum Gasteiger partial charge on any atom is 0.419 e. The summed E-state index contributed by atoms with van der Waals surface area (Å²) in [6.45, 7) is 1.16. The SMILES string of the molecule is Cc1cc(C(=O)CCl)cc(C(F)(F)F)c1F. The number of carbonyl (C=O) groups is 1. The Balaban J connectivity index is 3.39. The molecule has 0 saturated heterocycles. The van der Waals surface area contributed by atoms with E-state index in [1.54, 1.807) is 0 Å². The van der Waals surface area contributed by atoms with Gasteiger partial charge in [0.15, 0.2) is 5.78 Å². The third kappa shape index (κ3) is 2.52. The van der Waals surface area contributed by atoms with Gasteiger partial charge >= 0.3 is 6.18 Å². The zero-order valence-electron chi connectivity index (χ0n) is 8.16. The van der Waals surface area contributed by atoms with Crippen LogP contribution in [0.5, 0.6) is 0 Å². The first-order valence-electron chi connectivity index (χ1n) is 4.24. The van der Waals surface area contributed by atoms with Crippen LogP contribution in [0.3, 0.4) is 0 Å². The van der Waals surface area contributed by atoms with Gasteiger partial charge in [-0.3, -0.25) is 4.79 Å². The fourth-order valence-electron chi connectivity index (χ4n) is 1.21. The number of benzene rings is 1. The van der Waals surface area contributed by atoms with E-state index in [0.29, 0.717) is 6.07 Å². The number of aryl methyl sites for hydroxylation is 1. The number of halogens is 5. The smallest absolute Gasteiger partial charge is 0.293 e. The van der Waals surface area contributed by atoms with Crippen molar-refractivity contribution in [2.75, 3.05) is 5.88 Å². The molecule has 0 unspecified atom stereocenters. The number of hydrogen-bond acceptors (Lipinski definition) is 1. The monoisotopic (exact) mass is 254 g/mol. The molecule has 0 atom stereocenters. The summed E-state index contributed by atoms with van der Waals surface area (Å²) in [6, 6.07) is 1.53. The van der Waals surface area contributed by atoms with Gasteiger partial charge in [0.25, 0.3) is 0 Å². The molecule has 1 nitrogen and oxygen atoms in total. The van der Waals surface area contributed by atoms with Crippen molar-refractivity contribution in [3.8, 4) is 0 Å². The normalized spacial score (nSPS) is 11.6. The Morgan fingerprint density at radius 2 is 1.94 bits per heavy atom. The van der Waals surface area contributed by atoms with Crippen molar-refractivity contribution >= 4 is 17.4 Å². The van der Waals surface area contributed by atoms with Crippen molar-refractivity contribution < 1.29 is 22.4 Å². The quantitative estimate of drug-likeness (QED) is 0.448. The third-order valence-electron chi connectivity index (χ3n) is 2.00. The number of hydrogen-bond donors (Lipinski definition) is 0. The Morgan fingerprint density at radius 1 is 1.38 bits per heavy atom. The molecule has 0 heterocycles. The Bertz CT molecular complexity index is 426. The maximum atomic E-state index is 13.2. The average Bonchev–Trinajstić information content (AvgIpc) is 2.18. The van der Waals surface area contributed by atoms with Crippen LogP contribution >= 0.6 is 11.6 Å². The summed E-state index contributed by atoms with van der Waals surface area (Å²) in [5.41, 5.74) is -1.91. The summed E-state index contributed by atoms with van der Waals surface area (Å²) in [5.74, 6) is -2.48. The standard InChI is InChI=1S/C10H7ClF4O/c1-5-2-6(8(16)4-11)3-7(9(5)12)10(13,14)15/h2-3H,4H2,1H3. The summed E-state index contributed by atoms with van der Waals surface area (Å²) in [4.78, 5) is 11.1. The van der Waals surface area contributed by atoms with E-state index >= 15 is 0 Å². The molecule has 0 radical (unpaired) electrons. The van der Waals surface area contributed by atoms with Crippen molar-refractivity contribution in [3.05, 3.63) is 34.6 Å². The lowest BCUT2D eigenvalue weighted by atomic mass is 10.0. The second kappa shape index (κ2) is 4.41. The molecule has 6 heteroatoms. The van der Waals surface area contributed by atoms with Gasteiger partial charge in [0, 0.05) is 5.56 Å². The molecule has 0 N–H and O–H groups in total. The molecule has 0 aliphatic carbocycles. The van der Waals surface area contributed by atoms with E-state index < -0.39 is 29.2 Å². The second-order valence-corrected chi connectivity index (χ2v) is 3.48. The molecule has 0 saturated carbocycles. The van der Waals surface area contributed by atoms with Gasteiger partial charge in [0.05, 0.1) is 11.4 Å². The topological polar surface area (TPSA) is 17.1 Å². The fourth-order valence-corrected chi connectivity index (χ4v) is 1.37. The molecule has 0 aromatic heterocycles. The van der Waals surface area contributed by atoms with Crippen LogP contribution in [-0.4, -0.2) is 11.7 Å². The van der Waals surface area contributed by atoms with Gasteiger partial charge in [-0.1, -0.05) is 0 Å². The van der Waals surface area contributed by atoms with Crippen molar-refractivity contribution in [2.24, 2.45) is 0 Å². The lowest BCUT2D eigenvalue weighted by Gasteiger charge is -2.11. The van der Waals surface area contributed by atoms with Gasteiger partial charge in [-0.15, -0.1) is 11.6 Å². The van der Waals surface area contributed by atoms with Gasteiger partial charge in [-0.05, 0) is 24.6 Å². The summed E-state index contributed by atoms with van der Waals surface area (Å²) >= 11 is 5.22. The number of rotatable bonds is 2. The first kappa shape index (κ1) is 13.0. The predicted molar refractivity (Wildman–Crippen MR) is 51.2 cm³/mol. The molecule has 16 heavy (non-hydrogen) atoms. The highest BCUT2D eigenvalue weighted by Crippen LogP contribution is 2.33. The van der Waals surface area contributed by atoms with E-state index in [0.717, 1.165) is 13.0 Å². The zero-order valence-corrected chi connectivity index (χ0v) is 8.92. The minimum Gasteiger partial charge on any atom is -0.293 e. The van der Waals surface area contributed by atoms with E-state index in [4.69, 9.17) is 11.6 Å². The summed E-state index contributed by atoms with van der Waals surface area (Å²) in [7, 11) is 0. The molecule has 0 spiro atoms. The maximum absolute atomic E-state index is 13.2. The molecule has 0 aliphatic rings. The first-order chi connectivity index (χ1) is 7.27. The van der Waals surface area contributed by atoms with Gasteiger partial charge < -0.3 is 0 Å². The third-order valence-corrected chi connectivity index (χ3v) is 2.25. The van der Waals surface area contributed by atoms with Gasteiger partial charge in [-0.25, -0.2) is 4.39 Å². The van der Waals surface area contributed by atoms with E-state index in [9.17, 15) is 22.4 Å². The lowest BCUT2D eigenvalue weighted by molar-refractivity contribution is -0.140. The van der Waals surface area contributed by atoms with Gasteiger partial charge in [0.2, 0.25) is 0 Å². The van der Waals surface area contributed by atoms with Crippen LogP contribution in [0.15, 0.2) is 12.1 Å². The number of Topliss-reactive ketones (excluding diaryl/α,β-unsaturated/α-hetero) is 1. The van der Waals surface area contributed by atoms with Crippen LogP contribution in [0.25, 0.3) is 0 Å². The summed E-state index contributed by atoms with van der Waals surface area (Å²) < 4.78 is 50.4. The second-order valence-electron chi connectivity index (χ2n) is 3.21. The number of ketones is 1. The van der Waals surface area contributed by atoms with Gasteiger partial charge in [-0.2, -0.15) is 13.2 Å². The zero-order chi connectivity index (χ0) is 12.5. The molecule has 1 aromatic rings. The summed E-state index contributed by atoms with van der Waals surface area (Å²) in [6.07, 6.45) is -4.82. The van der Waals surface area contributed by atoms with E-state index in [2.05, 4.69) is 0 Å². The molecule has 1 aromatic carbocycles. The minimum atomic E-state index is -4.82. The Hall–Kier alpha value is -1.10. The molecule has 0 bridgehead atoms. The van der Waals surface area contributed by atoms with Crippen LogP contribution in [-0.2, 0) is 6.18 Å². The van der Waals surface area contributed by atoms with Crippen molar-refractivity contribution in [1.82, 2.24) is 0 Å². The highest BCUT2D eigenvalue weighted by molar-refractivity contribution is 6.30. The molecular formula is C10H7ClF4O. The number of alkyl halides is 4. The van der Waals surface area contributed by atoms with Gasteiger partial charge in [0.1, 0.15) is 5.82 Å². The van der Waals surface area contributed by atoms with Crippen LogP contribution < -0.4 is 0 Å². The van der Waals surface area contributed by atoms with Crippen LogP contribution in [0.4, 0.5) is 17.6 Å². The van der Waals surface area contributed by atoms with Crippen molar-refractivity contribution in [2.45, 2.75) is 13.1 Å². The predicted octanol–water partition coefficient (Wildman–Crippen LogP) is 3.57. The molecule has 0 fully saturated rings. The highest BCUT2D eigenvalue weighted by atomic mass is 35.5. The molecule has 1 rings (SSSR count). The molecular weight excluding hydrogens is 248 g/mol. The Morgan fingerprint density at radius 3 is 2.38 bits per heavy atom. The van der Waals surface area contributed by atoms with Crippen LogP contribution in [0.1, 0.15) is 21.5 Å². The average molecular weight is 255 g/mol. The van der Waals surface area contributed by atoms with Crippen LogP contribution in [0, 0.1) is 12.7 Å². The summed E-state index contributed by atoms with van der Waals surface area (Å²) in [5, 5.41) is 0. The minimum absolute atomic E-state index is 0.233. The molecule has 88 valence electrons. The first-order valence-corrected chi connectivity index (χ1v) is 4.77. The molecule has 0 aliphatic heterocycles. The highest BCUT2D eigenvalue weighted by Gasteiger charge is 2.35. The van der Waals surface area contributed by atoms with E-state index in [1.807, 2.05) is 0 Å². The number of carbonyl (C=O) groups excluding carboxylic acids is 1. The van der Waals surface area contributed by atoms with Crippen molar-refractivity contribution in [1.29, 1.82) is 0 Å². The largest absolute Gasteiger partial charge is 0.419 e. The lowest BCUT2D eigenvalue weighted by Crippen LogP contribution is -2.12. The van der Waals surface area contributed by atoms with Crippen LogP contribution in [0.2, 0.25) is 0 Å². The fraction of sp³-hybridized carbons (Fsp3) is 0.300. The van der Waals surface area contributed by atoms with Crippen molar-refractivity contribution in [3.63, 3.8) is 0 Å². The van der Waals surface area contributed by atoms with E-state index in [-0.39, 0.29) is 11.1 Å². The Labute approximate surface area is 94.0 Å². The van der Waals surface area contributed by atoms with E-state index in [1.165, 1.54) is 0 Å².